The Morgan fingerprint density at radius 3 is 2.69 bits per heavy atom. The smallest absolute Gasteiger partial charge is 0.341 e. The van der Waals surface area contributed by atoms with Gasteiger partial charge in [0.05, 0.1) is 12.9 Å². The largest absolute Gasteiger partial charge is 0.465 e. The molecule has 29 heavy (non-hydrogen) atoms. The molecule has 7 nitrogen and oxygen atoms in total. The number of aryl methyl sites for hydroxylation is 1. The second-order valence-corrected chi connectivity index (χ2v) is 7.25. The van der Waals surface area contributed by atoms with Crippen molar-refractivity contribution in [2.24, 2.45) is 0 Å². The Bertz CT molecular complexity index is 847. The van der Waals surface area contributed by atoms with Gasteiger partial charge >= 0.3 is 11.9 Å². The van der Waals surface area contributed by atoms with Gasteiger partial charge in [-0.3, -0.25) is 4.79 Å². The van der Waals surface area contributed by atoms with Crippen molar-refractivity contribution in [1.29, 1.82) is 0 Å². The van der Waals surface area contributed by atoms with E-state index in [2.05, 4.69) is 5.32 Å². The molecule has 1 aromatic carbocycles. The van der Waals surface area contributed by atoms with E-state index in [0.29, 0.717) is 17.7 Å². The highest BCUT2D eigenvalue weighted by atomic mass is 32.2. The first-order valence-corrected chi connectivity index (χ1v) is 10.6. The van der Waals surface area contributed by atoms with Crippen LogP contribution in [0, 0.1) is 6.92 Å². The lowest BCUT2D eigenvalue weighted by Crippen LogP contribution is -2.42. The Morgan fingerprint density at radius 1 is 1.21 bits per heavy atom. The predicted molar refractivity (Wildman–Crippen MR) is 110 cm³/mol. The fourth-order valence-electron chi connectivity index (χ4n) is 2.59. The third kappa shape index (κ3) is 6.67. The van der Waals surface area contributed by atoms with Crippen molar-refractivity contribution >= 4 is 29.6 Å². The maximum atomic E-state index is 12.6. The van der Waals surface area contributed by atoms with Crippen LogP contribution in [-0.2, 0) is 20.9 Å². The zero-order valence-corrected chi connectivity index (χ0v) is 17.5. The van der Waals surface area contributed by atoms with Crippen molar-refractivity contribution in [3.63, 3.8) is 0 Å². The maximum Gasteiger partial charge on any atom is 0.341 e. The number of carbonyl (C=O) groups is 3. The second kappa shape index (κ2) is 11.3. The Morgan fingerprint density at radius 2 is 2.00 bits per heavy atom. The predicted octanol–water partition coefficient (Wildman–Crippen LogP) is 3.36. The van der Waals surface area contributed by atoms with Crippen LogP contribution in [-0.4, -0.2) is 42.5 Å². The maximum absolute atomic E-state index is 12.6. The average molecular weight is 419 g/mol. The molecule has 0 saturated carbocycles. The number of rotatable bonds is 10. The first kappa shape index (κ1) is 22.5. The van der Waals surface area contributed by atoms with Crippen LogP contribution in [0.5, 0.6) is 0 Å². The van der Waals surface area contributed by atoms with Crippen molar-refractivity contribution in [3.05, 3.63) is 59.0 Å². The monoisotopic (exact) mass is 419 g/mol. The Kier molecular flexibility index (Phi) is 8.79. The van der Waals surface area contributed by atoms with E-state index in [1.54, 1.807) is 36.9 Å². The molecule has 2 aromatic rings. The molecule has 0 bridgehead atoms. The lowest BCUT2D eigenvalue weighted by molar-refractivity contribution is -0.147. The average Bonchev–Trinajstić information content (AvgIpc) is 3.18. The molecule has 2 rings (SSSR count). The lowest BCUT2D eigenvalue weighted by Gasteiger charge is -2.17. The molecule has 0 saturated heterocycles. The number of amides is 1. The Balaban J connectivity index is 2.03. The third-order valence-electron chi connectivity index (χ3n) is 4.07. The summed E-state index contributed by atoms with van der Waals surface area (Å²) >= 11 is 1.56. The summed E-state index contributed by atoms with van der Waals surface area (Å²) in [4.78, 5) is 37.0. The van der Waals surface area contributed by atoms with Gasteiger partial charge in [-0.2, -0.15) is 11.8 Å². The molecule has 0 aliphatic carbocycles. The van der Waals surface area contributed by atoms with E-state index in [0.717, 1.165) is 5.56 Å². The molecule has 156 valence electrons. The van der Waals surface area contributed by atoms with Crippen LogP contribution in [0.2, 0.25) is 0 Å². The standard InChI is InChI=1S/C21H25NO6S/c1-4-26-20(24)16-8-10-27-18(16)13-28-21(25)17(9-11-29-3)22-19(23)15-7-5-6-14(2)12-15/h5-8,10,12,17H,4,9,11,13H2,1-3H3,(H,22,23)/t17-/m1/s1. The van der Waals surface area contributed by atoms with Gasteiger partial charge in [-0.05, 0) is 50.5 Å². The molecule has 1 aromatic heterocycles. The zero-order chi connectivity index (χ0) is 21.2. The lowest BCUT2D eigenvalue weighted by atomic mass is 10.1. The molecule has 1 amide bonds. The van der Waals surface area contributed by atoms with Crippen LogP contribution in [0.1, 0.15) is 45.4 Å². The quantitative estimate of drug-likeness (QED) is 0.590. The van der Waals surface area contributed by atoms with Crippen LogP contribution >= 0.6 is 11.8 Å². The number of ether oxygens (including phenoxy) is 2. The van der Waals surface area contributed by atoms with Crippen LogP contribution in [0.15, 0.2) is 41.0 Å². The number of esters is 2. The molecule has 0 radical (unpaired) electrons. The SMILES string of the molecule is CCOC(=O)c1ccoc1COC(=O)[C@@H](CCSC)NC(=O)c1cccc(C)c1. The number of thioether (sulfide) groups is 1. The van der Waals surface area contributed by atoms with E-state index < -0.39 is 18.0 Å². The van der Waals surface area contributed by atoms with Crippen LogP contribution < -0.4 is 5.32 Å². The Labute approximate surface area is 174 Å². The van der Waals surface area contributed by atoms with Gasteiger partial charge in [0.15, 0.2) is 5.76 Å². The van der Waals surface area contributed by atoms with Gasteiger partial charge in [-0.25, -0.2) is 9.59 Å². The summed E-state index contributed by atoms with van der Waals surface area (Å²) in [6, 6.07) is 7.77. The summed E-state index contributed by atoms with van der Waals surface area (Å²) < 4.78 is 15.5. The van der Waals surface area contributed by atoms with Gasteiger partial charge in [0, 0.05) is 5.56 Å². The zero-order valence-electron chi connectivity index (χ0n) is 16.7. The van der Waals surface area contributed by atoms with Crippen LogP contribution in [0.4, 0.5) is 0 Å². The summed E-state index contributed by atoms with van der Waals surface area (Å²) in [5.41, 5.74) is 1.64. The molecular weight excluding hydrogens is 394 g/mol. The van der Waals surface area contributed by atoms with Gasteiger partial charge in [0.1, 0.15) is 18.2 Å². The van der Waals surface area contributed by atoms with E-state index in [-0.39, 0.29) is 30.4 Å². The van der Waals surface area contributed by atoms with Crippen molar-refractivity contribution in [2.75, 3.05) is 18.6 Å². The molecule has 0 fully saturated rings. The fraction of sp³-hybridized carbons (Fsp3) is 0.381. The number of carbonyl (C=O) groups excluding carboxylic acids is 3. The van der Waals surface area contributed by atoms with Gasteiger partial charge in [-0.15, -0.1) is 0 Å². The number of hydrogen-bond donors (Lipinski definition) is 1. The highest BCUT2D eigenvalue weighted by molar-refractivity contribution is 7.98. The molecule has 0 aliphatic rings. The fourth-order valence-corrected chi connectivity index (χ4v) is 3.06. The van der Waals surface area contributed by atoms with E-state index in [4.69, 9.17) is 13.9 Å². The molecule has 8 heteroatoms. The van der Waals surface area contributed by atoms with Crippen molar-refractivity contribution in [3.8, 4) is 0 Å². The normalized spacial score (nSPS) is 11.6. The summed E-state index contributed by atoms with van der Waals surface area (Å²) in [5.74, 6) is -0.611. The van der Waals surface area contributed by atoms with Crippen LogP contribution in [0.3, 0.4) is 0 Å². The minimum Gasteiger partial charge on any atom is -0.465 e. The van der Waals surface area contributed by atoms with Crippen molar-refractivity contribution in [1.82, 2.24) is 5.32 Å². The topological polar surface area (TPSA) is 94.8 Å². The van der Waals surface area contributed by atoms with Crippen LogP contribution in [0.25, 0.3) is 0 Å². The minimum atomic E-state index is -0.809. The molecule has 0 spiro atoms. The first-order chi connectivity index (χ1) is 14.0. The Hall–Kier alpha value is -2.74. The molecule has 1 N–H and O–H groups in total. The molecule has 1 heterocycles. The second-order valence-electron chi connectivity index (χ2n) is 6.26. The van der Waals surface area contributed by atoms with Gasteiger partial charge in [0.25, 0.3) is 5.91 Å². The molecule has 0 unspecified atom stereocenters. The van der Waals surface area contributed by atoms with Gasteiger partial charge in [0.2, 0.25) is 0 Å². The first-order valence-electron chi connectivity index (χ1n) is 9.22. The van der Waals surface area contributed by atoms with Gasteiger partial charge < -0.3 is 19.2 Å². The summed E-state index contributed by atoms with van der Waals surface area (Å²) in [6.07, 6.45) is 3.67. The summed E-state index contributed by atoms with van der Waals surface area (Å²) in [6.45, 7) is 3.59. The van der Waals surface area contributed by atoms with Crippen molar-refractivity contribution in [2.45, 2.75) is 32.9 Å². The number of benzene rings is 1. The summed E-state index contributed by atoms with van der Waals surface area (Å²) in [5, 5.41) is 2.73. The van der Waals surface area contributed by atoms with Gasteiger partial charge in [-0.1, -0.05) is 17.7 Å². The number of hydrogen-bond acceptors (Lipinski definition) is 7. The molecule has 1 atom stereocenters. The molecular formula is C21H25NO6S. The number of nitrogens with one attached hydrogen (secondary N) is 1. The van der Waals surface area contributed by atoms with E-state index in [9.17, 15) is 14.4 Å². The minimum absolute atomic E-state index is 0.199. The summed E-state index contributed by atoms with van der Waals surface area (Å²) in [7, 11) is 0. The van der Waals surface area contributed by atoms with Crippen molar-refractivity contribution < 1.29 is 28.3 Å². The highest BCUT2D eigenvalue weighted by Gasteiger charge is 2.24. The number of furan rings is 1. The third-order valence-corrected chi connectivity index (χ3v) is 4.71. The van der Waals surface area contributed by atoms with E-state index in [1.807, 2.05) is 19.2 Å². The van der Waals surface area contributed by atoms with E-state index >= 15 is 0 Å². The molecule has 0 aliphatic heterocycles. The highest BCUT2D eigenvalue weighted by Crippen LogP contribution is 2.15. The van der Waals surface area contributed by atoms with E-state index in [1.165, 1.54) is 12.3 Å².